The van der Waals surface area contributed by atoms with Crippen molar-refractivity contribution in [2.75, 3.05) is 11.9 Å². The quantitative estimate of drug-likeness (QED) is 0.497. The number of aromatic nitrogens is 5. The second-order valence-electron chi connectivity index (χ2n) is 6.35. The average Bonchev–Trinajstić information content (AvgIpc) is 3.38. The highest BCUT2D eigenvalue weighted by atomic mass is 16.5. The summed E-state index contributed by atoms with van der Waals surface area (Å²) >= 11 is 0. The van der Waals surface area contributed by atoms with Crippen LogP contribution < -0.4 is 11.0 Å². The lowest BCUT2D eigenvalue weighted by Crippen LogP contribution is -2.17. The van der Waals surface area contributed by atoms with E-state index in [1.807, 2.05) is 32.0 Å². The molecule has 0 aliphatic rings. The highest BCUT2D eigenvalue weighted by Gasteiger charge is 2.11. The maximum Gasteiger partial charge on any atom is 0.349 e. The first-order chi connectivity index (χ1) is 14.1. The fourth-order valence-corrected chi connectivity index (χ4v) is 2.80. The van der Waals surface area contributed by atoms with Crippen LogP contribution in [0.25, 0.3) is 17.1 Å². The summed E-state index contributed by atoms with van der Waals surface area (Å²) < 4.78 is 12.5. The second-order valence-corrected chi connectivity index (χ2v) is 6.35. The zero-order valence-corrected chi connectivity index (χ0v) is 16.0. The number of aromatic amines is 1. The van der Waals surface area contributed by atoms with Crippen molar-refractivity contribution < 1.29 is 9.15 Å². The number of hydrogen-bond donors (Lipinski definition) is 2. The third-order valence-electron chi connectivity index (χ3n) is 4.32. The SMILES string of the molecule is CCOCc1ccc(C)c(Nc2ncc(-c3ccnc(-n4nc[nH]c4=O)c3)o2)c1. The van der Waals surface area contributed by atoms with E-state index in [1.165, 1.54) is 11.0 Å². The van der Waals surface area contributed by atoms with Gasteiger partial charge in [-0.1, -0.05) is 12.1 Å². The van der Waals surface area contributed by atoms with Crippen molar-refractivity contribution in [3.63, 3.8) is 0 Å². The summed E-state index contributed by atoms with van der Waals surface area (Å²) in [7, 11) is 0. The molecule has 0 saturated carbocycles. The standard InChI is InChI=1S/C20H20N6O3/c1-3-28-11-14-5-4-13(2)16(8-14)25-19-22-10-17(29-19)15-6-7-21-18(9-15)26-20(27)23-12-24-26/h4-10,12H,3,11H2,1-2H3,(H,22,25)(H,23,24,27). The van der Waals surface area contributed by atoms with Crippen LogP contribution in [-0.2, 0) is 11.3 Å². The fourth-order valence-electron chi connectivity index (χ4n) is 2.80. The number of oxazole rings is 1. The van der Waals surface area contributed by atoms with Gasteiger partial charge in [-0.15, -0.1) is 0 Å². The molecule has 148 valence electrons. The summed E-state index contributed by atoms with van der Waals surface area (Å²) in [5.41, 5.74) is 3.39. The van der Waals surface area contributed by atoms with Crippen LogP contribution in [0.3, 0.4) is 0 Å². The third kappa shape index (κ3) is 4.09. The summed E-state index contributed by atoms with van der Waals surface area (Å²) in [5, 5.41) is 7.15. The highest BCUT2D eigenvalue weighted by Crippen LogP contribution is 2.27. The monoisotopic (exact) mass is 392 g/mol. The number of aryl methyl sites for hydroxylation is 1. The molecule has 4 aromatic rings. The summed E-state index contributed by atoms with van der Waals surface area (Å²) in [6.07, 6.45) is 4.52. The molecular formula is C20H20N6O3. The maximum absolute atomic E-state index is 11.8. The van der Waals surface area contributed by atoms with Crippen LogP contribution in [0.1, 0.15) is 18.1 Å². The largest absolute Gasteiger partial charge is 0.423 e. The van der Waals surface area contributed by atoms with E-state index < -0.39 is 0 Å². The van der Waals surface area contributed by atoms with Gasteiger partial charge in [0.1, 0.15) is 6.33 Å². The van der Waals surface area contributed by atoms with E-state index >= 15 is 0 Å². The molecule has 0 atom stereocenters. The lowest BCUT2D eigenvalue weighted by molar-refractivity contribution is 0.134. The second kappa shape index (κ2) is 8.11. The van der Waals surface area contributed by atoms with Crippen molar-refractivity contribution in [3.05, 3.63) is 70.7 Å². The Kier molecular flexibility index (Phi) is 5.21. The average molecular weight is 392 g/mol. The molecule has 0 radical (unpaired) electrons. The van der Waals surface area contributed by atoms with Crippen molar-refractivity contribution >= 4 is 11.7 Å². The first-order valence-electron chi connectivity index (χ1n) is 9.13. The lowest BCUT2D eigenvalue weighted by Gasteiger charge is -2.09. The van der Waals surface area contributed by atoms with Gasteiger partial charge in [0.2, 0.25) is 0 Å². The number of rotatable bonds is 7. The Balaban J connectivity index is 1.57. The van der Waals surface area contributed by atoms with E-state index in [2.05, 4.69) is 25.4 Å². The van der Waals surface area contributed by atoms with Crippen molar-refractivity contribution in [2.45, 2.75) is 20.5 Å². The number of anilines is 2. The van der Waals surface area contributed by atoms with Crippen molar-refractivity contribution in [2.24, 2.45) is 0 Å². The topological polar surface area (TPSA) is 111 Å². The smallest absolute Gasteiger partial charge is 0.349 e. The van der Waals surface area contributed by atoms with Gasteiger partial charge in [0, 0.05) is 24.1 Å². The number of nitrogens with one attached hydrogen (secondary N) is 2. The molecule has 29 heavy (non-hydrogen) atoms. The molecule has 0 saturated heterocycles. The van der Waals surface area contributed by atoms with E-state index in [0.29, 0.717) is 30.8 Å². The Bertz CT molecular complexity index is 1180. The minimum absolute atomic E-state index is 0.364. The van der Waals surface area contributed by atoms with E-state index in [0.717, 1.165) is 22.4 Å². The van der Waals surface area contributed by atoms with Gasteiger partial charge in [-0.25, -0.2) is 14.8 Å². The van der Waals surface area contributed by atoms with E-state index in [-0.39, 0.29) is 5.69 Å². The molecular weight excluding hydrogens is 372 g/mol. The van der Waals surface area contributed by atoms with Crippen LogP contribution in [-0.4, -0.2) is 31.3 Å². The molecule has 2 N–H and O–H groups in total. The molecule has 0 unspecified atom stereocenters. The maximum atomic E-state index is 11.8. The van der Waals surface area contributed by atoms with Gasteiger partial charge in [0.15, 0.2) is 11.6 Å². The Labute approximate surface area is 166 Å². The van der Waals surface area contributed by atoms with Gasteiger partial charge in [-0.05, 0) is 43.2 Å². The zero-order chi connectivity index (χ0) is 20.2. The molecule has 1 aromatic carbocycles. The van der Waals surface area contributed by atoms with Crippen molar-refractivity contribution in [1.29, 1.82) is 0 Å². The predicted molar refractivity (Wildman–Crippen MR) is 107 cm³/mol. The van der Waals surface area contributed by atoms with Crippen LogP contribution >= 0.6 is 0 Å². The molecule has 0 fully saturated rings. The van der Waals surface area contributed by atoms with Crippen molar-refractivity contribution in [1.82, 2.24) is 24.7 Å². The molecule has 0 aliphatic carbocycles. The summed E-state index contributed by atoms with van der Waals surface area (Å²) in [4.78, 5) is 22.7. The van der Waals surface area contributed by atoms with Crippen LogP contribution in [0, 0.1) is 6.92 Å². The molecule has 3 aromatic heterocycles. The molecule has 0 amide bonds. The molecule has 0 bridgehead atoms. The van der Waals surface area contributed by atoms with Crippen LogP contribution in [0.5, 0.6) is 0 Å². The highest BCUT2D eigenvalue weighted by molar-refractivity contribution is 5.62. The number of benzene rings is 1. The summed E-state index contributed by atoms with van der Waals surface area (Å²) in [6.45, 7) is 5.19. The minimum Gasteiger partial charge on any atom is -0.423 e. The van der Waals surface area contributed by atoms with E-state index in [9.17, 15) is 4.79 Å². The first kappa shape index (κ1) is 18.6. The normalized spacial score (nSPS) is 11.0. The van der Waals surface area contributed by atoms with Crippen LogP contribution in [0.4, 0.5) is 11.7 Å². The Morgan fingerprint density at radius 3 is 2.93 bits per heavy atom. The van der Waals surface area contributed by atoms with Gasteiger partial charge in [-0.2, -0.15) is 9.78 Å². The van der Waals surface area contributed by atoms with Gasteiger partial charge in [-0.3, -0.25) is 4.98 Å². The fraction of sp³-hybridized carbons (Fsp3) is 0.200. The Hall–Kier alpha value is -3.72. The summed E-state index contributed by atoms with van der Waals surface area (Å²) in [5.74, 6) is 0.932. The van der Waals surface area contributed by atoms with Gasteiger partial charge in [0.05, 0.1) is 12.8 Å². The van der Waals surface area contributed by atoms with Gasteiger partial charge >= 0.3 is 5.69 Å². The minimum atomic E-state index is -0.364. The first-order valence-corrected chi connectivity index (χ1v) is 9.13. The van der Waals surface area contributed by atoms with Gasteiger partial charge in [0.25, 0.3) is 6.01 Å². The Morgan fingerprint density at radius 1 is 1.24 bits per heavy atom. The van der Waals surface area contributed by atoms with E-state index in [1.54, 1.807) is 24.5 Å². The number of pyridine rings is 1. The molecule has 9 heteroatoms. The predicted octanol–water partition coefficient (Wildman–Crippen LogP) is 3.20. The Morgan fingerprint density at radius 2 is 2.14 bits per heavy atom. The van der Waals surface area contributed by atoms with E-state index in [4.69, 9.17) is 9.15 Å². The number of hydrogen-bond acceptors (Lipinski definition) is 7. The summed E-state index contributed by atoms with van der Waals surface area (Å²) in [6, 6.07) is 9.93. The molecule has 9 nitrogen and oxygen atoms in total. The number of ether oxygens (including phenoxy) is 1. The van der Waals surface area contributed by atoms with Crippen LogP contribution in [0.15, 0.2) is 58.3 Å². The number of H-pyrrole nitrogens is 1. The number of nitrogens with zero attached hydrogens (tertiary/aromatic N) is 4. The molecule has 0 spiro atoms. The van der Waals surface area contributed by atoms with Crippen molar-refractivity contribution in [3.8, 4) is 17.1 Å². The van der Waals surface area contributed by atoms with Gasteiger partial charge < -0.3 is 14.5 Å². The molecule has 4 rings (SSSR count). The molecule has 3 heterocycles. The zero-order valence-electron chi connectivity index (χ0n) is 16.0. The van der Waals surface area contributed by atoms with Crippen LogP contribution in [0.2, 0.25) is 0 Å². The lowest BCUT2D eigenvalue weighted by atomic mass is 10.1. The third-order valence-corrected chi connectivity index (χ3v) is 4.32. The molecule has 0 aliphatic heterocycles.